The summed E-state index contributed by atoms with van der Waals surface area (Å²) in [6.07, 6.45) is 7.23. The first-order chi connectivity index (χ1) is 25.8. The van der Waals surface area contributed by atoms with Gasteiger partial charge in [-0.15, -0.1) is 0 Å². The van der Waals surface area contributed by atoms with Crippen molar-refractivity contribution in [3.63, 3.8) is 0 Å². The number of ether oxygens (including phenoxy) is 3. The number of hydrogen-bond donors (Lipinski definition) is 3. The molecule has 0 spiro atoms. The van der Waals surface area contributed by atoms with Crippen molar-refractivity contribution in [1.29, 1.82) is 0 Å². The molecule has 2 aliphatic heterocycles. The topological polar surface area (TPSA) is 182 Å². The van der Waals surface area contributed by atoms with E-state index in [1.54, 1.807) is 27.0 Å². The molecular weight excluding hydrogens is 727 g/mol. The monoisotopic (exact) mass is 781 g/mol. The van der Waals surface area contributed by atoms with Crippen molar-refractivity contribution in [3.05, 3.63) is 42.6 Å². The summed E-state index contributed by atoms with van der Waals surface area (Å²) in [6, 6.07) is 5.25. The number of pyridine rings is 1. The number of aromatic nitrogens is 1. The molecule has 2 aromatic rings. The van der Waals surface area contributed by atoms with Crippen LogP contribution in [0.2, 0.25) is 0 Å². The second-order valence-corrected chi connectivity index (χ2v) is 19.0. The number of hydrogen-bond acceptors (Lipinski definition) is 10. The SMILES string of the molecule is CC(C)Oc1ccc2c(O[C@@H]3C[C@H]4C(=O)N[C@]5(C(=O)NS(=O)(=O)C6CC6)C[C@H]5/C=C\CC[C@H](C)C[C@@H](C)[C@H](NC(=O)OC(C)(C)C)C(=O)N4C3)nccc2c1. The summed E-state index contributed by atoms with van der Waals surface area (Å²) in [5.41, 5.74) is -2.33. The van der Waals surface area contributed by atoms with Crippen LogP contribution in [0.3, 0.4) is 0 Å². The fourth-order valence-corrected chi connectivity index (χ4v) is 9.02. The van der Waals surface area contributed by atoms with Crippen LogP contribution in [0.5, 0.6) is 11.6 Å². The largest absolute Gasteiger partial charge is 0.491 e. The molecular formula is C40H55N5O9S. The maximum Gasteiger partial charge on any atom is 0.408 e. The van der Waals surface area contributed by atoms with Crippen molar-refractivity contribution in [2.24, 2.45) is 17.8 Å². The van der Waals surface area contributed by atoms with Gasteiger partial charge in [-0.05, 0) is 115 Å². The maximum absolute atomic E-state index is 14.8. The van der Waals surface area contributed by atoms with Crippen molar-refractivity contribution in [1.82, 2.24) is 25.2 Å². The summed E-state index contributed by atoms with van der Waals surface area (Å²) >= 11 is 0. The summed E-state index contributed by atoms with van der Waals surface area (Å²) in [4.78, 5) is 62.1. The molecule has 3 fully saturated rings. The summed E-state index contributed by atoms with van der Waals surface area (Å²) in [5.74, 6) is -1.52. The molecule has 1 saturated heterocycles. The average molecular weight is 782 g/mol. The Morgan fingerprint density at radius 3 is 2.51 bits per heavy atom. The Morgan fingerprint density at radius 2 is 1.82 bits per heavy atom. The predicted octanol–water partition coefficient (Wildman–Crippen LogP) is 4.76. The standard InChI is InChI=1S/C40H55N5O9S/c1-23(2)52-28-12-15-31-26(19-28)16-17-41-35(31)53-29-20-32-34(46)43-40(37(48)44-55(50,51)30-13-14-30)21-27(40)11-9-8-10-24(3)18-25(4)33(36(47)45(32)22-29)42-38(49)54-39(5,6)7/h9,11-12,15-17,19,23-25,27,29-30,32-33H,8,10,13-14,18,20-22H2,1-7H3,(H,42,49)(H,43,46)(H,44,48)/b11-9-/t24-,25+,27+,29+,32-,33-,40+/m0/s1. The minimum absolute atomic E-state index is 0.0164. The van der Waals surface area contributed by atoms with Gasteiger partial charge in [0, 0.05) is 23.9 Å². The van der Waals surface area contributed by atoms with Crippen LogP contribution in [0.15, 0.2) is 42.6 Å². The molecule has 3 heterocycles. The summed E-state index contributed by atoms with van der Waals surface area (Å²) in [7, 11) is -3.90. The van der Waals surface area contributed by atoms with Gasteiger partial charge in [-0.2, -0.15) is 0 Å². The lowest BCUT2D eigenvalue weighted by molar-refractivity contribution is -0.142. The zero-order valence-corrected chi connectivity index (χ0v) is 33.6. The number of allylic oxidation sites excluding steroid dienone is 1. The second-order valence-electron chi connectivity index (χ2n) is 17.0. The van der Waals surface area contributed by atoms with Crippen molar-refractivity contribution in [2.75, 3.05) is 6.54 Å². The van der Waals surface area contributed by atoms with E-state index < -0.39 is 74.3 Å². The van der Waals surface area contributed by atoms with Gasteiger partial charge in [0.1, 0.15) is 35.1 Å². The van der Waals surface area contributed by atoms with Crippen LogP contribution < -0.4 is 24.8 Å². The van der Waals surface area contributed by atoms with E-state index in [2.05, 4.69) is 27.3 Å². The Kier molecular flexibility index (Phi) is 11.4. The highest BCUT2D eigenvalue weighted by molar-refractivity contribution is 7.91. The van der Waals surface area contributed by atoms with E-state index in [1.807, 2.05) is 57.2 Å². The third-order valence-electron chi connectivity index (χ3n) is 10.6. The molecule has 14 nitrogen and oxygen atoms in total. The number of sulfonamides is 1. The van der Waals surface area contributed by atoms with Gasteiger partial charge in [0.25, 0.3) is 5.91 Å². The highest BCUT2D eigenvalue weighted by Gasteiger charge is 2.62. The number of alkyl carbamates (subject to hydrolysis) is 1. The summed E-state index contributed by atoms with van der Waals surface area (Å²) < 4.78 is 45.9. The maximum atomic E-state index is 14.8. The molecule has 3 N–H and O–H groups in total. The highest BCUT2D eigenvalue weighted by Crippen LogP contribution is 2.46. The fraction of sp³-hybridized carbons (Fsp3) is 0.625. The number of carbonyl (C=O) groups is 4. The number of rotatable bonds is 8. The van der Waals surface area contributed by atoms with Crippen molar-refractivity contribution >= 4 is 44.6 Å². The van der Waals surface area contributed by atoms with Gasteiger partial charge < -0.3 is 29.7 Å². The molecule has 1 aromatic carbocycles. The molecule has 2 saturated carbocycles. The molecule has 15 heteroatoms. The molecule has 0 unspecified atom stereocenters. The Balaban J connectivity index is 1.33. The van der Waals surface area contributed by atoms with Crippen molar-refractivity contribution in [2.45, 2.75) is 134 Å². The van der Waals surface area contributed by atoms with E-state index in [0.717, 1.165) is 11.8 Å². The number of fused-ring (bicyclic) bond motifs is 3. The fourth-order valence-electron chi connectivity index (χ4n) is 7.66. The third-order valence-corrected chi connectivity index (χ3v) is 12.5. The molecule has 55 heavy (non-hydrogen) atoms. The molecule has 0 radical (unpaired) electrons. The van der Waals surface area contributed by atoms with E-state index >= 15 is 0 Å². The van der Waals surface area contributed by atoms with Crippen molar-refractivity contribution in [3.8, 4) is 11.6 Å². The van der Waals surface area contributed by atoms with Gasteiger partial charge in [0.2, 0.25) is 27.7 Å². The first kappa shape index (κ1) is 40.3. The van der Waals surface area contributed by atoms with Crippen LogP contribution in [-0.4, -0.2) is 89.3 Å². The number of nitrogens with one attached hydrogen (secondary N) is 3. The van der Waals surface area contributed by atoms with Crippen molar-refractivity contribution < 1.29 is 41.8 Å². The molecule has 300 valence electrons. The van der Waals surface area contributed by atoms with Gasteiger partial charge in [-0.25, -0.2) is 18.2 Å². The van der Waals surface area contributed by atoms with Gasteiger partial charge >= 0.3 is 6.09 Å². The van der Waals surface area contributed by atoms with Crippen LogP contribution in [0.4, 0.5) is 4.79 Å². The van der Waals surface area contributed by atoms with Gasteiger partial charge in [-0.1, -0.05) is 26.0 Å². The normalized spacial score (nSPS) is 29.6. The van der Waals surface area contributed by atoms with Crippen LogP contribution in [-0.2, 0) is 29.1 Å². The molecule has 2 aliphatic carbocycles. The van der Waals surface area contributed by atoms with Crippen LogP contribution >= 0.6 is 0 Å². The lowest BCUT2D eigenvalue weighted by atomic mass is 9.88. The Bertz CT molecular complexity index is 1940. The molecule has 4 amide bonds. The van der Waals surface area contributed by atoms with E-state index in [9.17, 15) is 27.6 Å². The van der Waals surface area contributed by atoms with Crippen LogP contribution in [0.25, 0.3) is 10.8 Å². The Morgan fingerprint density at radius 1 is 1.07 bits per heavy atom. The molecule has 7 atom stereocenters. The number of amides is 4. The predicted molar refractivity (Wildman–Crippen MR) is 206 cm³/mol. The lowest BCUT2D eigenvalue weighted by Crippen LogP contribution is -2.59. The number of carbonyl (C=O) groups excluding carboxylic acids is 4. The highest BCUT2D eigenvalue weighted by atomic mass is 32.2. The van der Waals surface area contributed by atoms with Gasteiger partial charge in [0.15, 0.2) is 0 Å². The molecule has 4 aliphatic rings. The summed E-state index contributed by atoms with van der Waals surface area (Å²) in [5, 5.41) is 6.62. The van der Waals surface area contributed by atoms with E-state index in [-0.39, 0.29) is 37.3 Å². The van der Waals surface area contributed by atoms with Gasteiger partial charge in [0.05, 0.1) is 17.9 Å². The van der Waals surface area contributed by atoms with E-state index in [0.29, 0.717) is 42.7 Å². The molecule has 1 aromatic heterocycles. The molecule has 0 bridgehead atoms. The Hall–Kier alpha value is -4.40. The zero-order valence-electron chi connectivity index (χ0n) is 32.8. The van der Waals surface area contributed by atoms with E-state index in [4.69, 9.17) is 14.2 Å². The zero-order chi connectivity index (χ0) is 39.9. The minimum atomic E-state index is -3.90. The average Bonchev–Trinajstić information content (AvgIpc) is 4.01. The van der Waals surface area contributed by atoms with Crippen LogP contribution in [0, 0.1) is 17.8 Å². The number of benzene rings is 1. The first-order valence-corrected chi connectivity index (χ1v) is 21.0. The number of nitrogens with zero attached hydrogens (tertiary/aromatic N) is 2. The first-order valence-electron chi connectivity index (χ1n) is 19.4. The quantitative estimate of drug-likeness (QED) is 0.316. The van der Waals surface area contributed by atoms with Gasteiger partial charge in [-0.3, -0.25) is 19.1 Å². The molecule has 6 rings (SSSR count). The van der Waals surface area contributed by atoms with E-state index in [1.165, 1.54) is 4.90 Å². The lowest BCUT2D eigenvalue weighted by Gasteiger charge is -2.33. The third kappa shape index (κ3) is 9.53. The smallest absolute Gasteiger partial charge is 0.408 e. The minimum Gasteiger partial charge on any atom is -0.491 e. The van der Waals surface area contributed by atoms with Crippen LogP contribution in [0.1, 0.15) is 93.4 Å². The summed E-state index contributed by atoms with van der Waals surface area (Å²) in [6.45, 7) is 13.1. The second kappa shape index (κ2) is 15.6. The Labute approximate surface area is 323 Å².